The van der Waals surface area contributed by atoms with E-state index in [-0.39, 0.29) is 0 Å². The van der Waals surface area contributed by atoms with Crippen molar-refractivity contribution in [1.29, 1.82) is 5.26 Å². The molecule has 0 amide bonds. The highest BCUT2D eigenvalue weighted by atomic mass is 15.2. The van der Waals surface area contributed by atoms with Crippen LogP contribution in [0.2, 0.25) is 0 Å². The number of hydrogen-bond donors (Lipinski definition) is 1. The van der Waals surface area contributed by atoms with Crippen molar-refractivity contribution < 1.29 is 0 Å². The molecule has 3 heteroatoms. The molecular formula is C9H17N3. The Hall–Kier alpha value is -0.590. The summed E-state index contributed by atoms with van der Waals surface area (Å²) < 4.78 is 0. The topological polar surface area (TPSA) is 39.1 Å². The van der Waals surface area contributed by atoms with Gasteiger partial charge in [0.15, 0.2) is 0 Å². The van der Waals surface area contributed by atoms with Gasteiger partial charge in [-0.2, -0.15) is 5.26 Å². The van der Waals surface area contributed by atoms with E-state index in [4.69, 9.17) is 5.26 Å². The van der Waals surface area contributed by atoms with Gasteiger partial charge in [0.05, 0.1) is 12.6 Å². The molecule has 0 spiro atoms. The second kappa shape index (κ2) is 5.13. The van der Waals surface area contributed by atoms with Gasteiger partial charge in [0, 0.05) is 12.6 Å². The number of rotatable bonds is 4. The summed E-state index contributed by atoms with van der Waals surface area (Å²) in [7, 11) is 0. The first-order valence-corrected chi connectivity index (χ1v) is 4.66. The van der Waals surface area contributed by atoms with Crippen molar-refractivity contribution in [2.24, 2.45) is 0 Å². The molecule has 1 saturated heterocycles. The molecular weight excluding hydrogens is 150 g/mol. The van der Waals surface area contributed by atoms with Gasteiger partial charge in [-0.1, -0.05) is 0 Å². The van der Waals surface area contributed by atoms with Gasteiger partial charge in [-0.3, -0.25) is 4.90 Å². The molecule has 0 radical (unpaired) electrons. The molecule has 1 rings (SSSR count). The van der Waals surface area contributed by atoms with Crippen LogP contribution in [0.5, 0.6) is 0 Å². The van der Waals surface area contributed by atoms with Gasteiger partial charge in [-0.15, -0.1) is 0 Å². The van der Waals surface area contributed by atoms with Gasteiger partial charge in [0.2, 0.25) is 0 Å². The third-order valence-corrected chi connectivity index (χ3v) is 2.41. The van der Waals surface area contributed by atoms with Crippen LogP contribution in [0.1, 0.15) is 19.8 Å². The smallest absolute Gasteiger partial charge is 0.0841 e. The van der Waals surface area contributed by atoms with Gasteiger partial charge < -0.3 is 5.32 Å². The van der Waals surface area contributed by atoms with E-state index < -0.39 is 0 Å². The highest BCUT2D eigenvalue weighted by molar-refractivity contribution is 4.78. The van der Waals surface area contributed by atoms with E-state index in [1.807, 2.05) is 0 Å². The minimum Gasteiger partial charge on any atom is -0.303 e. The van der Waals surface area contributed by atoms with Crippen LogP contribution in [0, 0.1) is 11.3 Å². The fraction of sp³-hybridized carbons (Fsp3) is 0.889. The Bertz CT molecular complexity index is 156. The fourth-order valence-corrected chi connectivity index (χ4v) is 1.65. The quantitative estimate of drug-likeness (QED) is 0.492. The minimum absolute atomic E-state index is 0.470. The molecule has 1 aliphatic rings. The van der Waals surface area contributed by atoms with E-state index in [1.54, 1.807) is 0 Å². The van der Waals surface area contributed by atoms with Crippen molar-refractivity contribution in [3.8, 4) is 6.07 Å². The standard InChI is InChI=1S/C9H17N3/c1-9(8-11-5-4-10)12-6-2-3-7-12/h9,11H,2-3,5-8H2,1H3. The Kier molecular flexibility index (Phi) is 4.06. The lowest BCUT2D eigenvalue weighted by molar-refractivity contribution is 0.254. The maximum Gasteiger partial charge on any atom is 0.0841 e. The van der Waals surface area contributed by atoms with Crippen LogP contribution in [-0.2, 0) is 0 Å². The molecule has 1 fully saturated rings. The zero-order chi connectivity index (χ0) is 8.81. The summed E-state index contributed by atoms with van der Waals surface area (Å²) in [5, 5.41) is 11.4. The molecule has 3 nitrogen and oxygen atoms in total. The lowest BCUT2D eigenvalue weighted by atomic mass is 10.3. The summed E-state index contributed by atoms with van der Waals surface area (Å²) in [5.74, 6) is 0. The average Bonchev–Trinajstić information content (AvgIpc) is 2.56. The Morgan fingerprint density at radius 2 is 2.17 bits per heavy atom. The molecule has 0 aliphatic carbocycles. The van der Waals surface area contributed by atoms with Crippen LogP contribution in [-0.4, -0.2) is 37.1 Å². The average molecular weight is 167 g/mol. The summed E-state index contributed by atoms with van der Waals surface area (Å²) >= 11 is 0. The van der Waals surface area contributed by atoms with E-state index in [2.05, 4.69) is 23.2 Å². The third kappa shape index (κ3) is 2.80. The molecule has 0 aromatic rings. The highest BCUT2D eigenvalue weighted by Crippen LogP contribution is 2.10. The lowest BCUT2D eigenvalue weighted by Gasteiger charge is -2.23. The largest absolute Gasteiger partial charge is 0.303 e. The van der Waals surface area contributed by atoms with Crippen molar-refractivity contribution in [2.45, 2.75) is 25.8 Å². The van der Waals surface area contributed by atoms with Crippen LogP contribution in [0.15, 0.2) is 0 Å². The fourth-order valence-electron chi connectivity index (χ4n) is 1.65. The SMILES string of the molecule is CC(CNCC#N)N1CCCC1. The molecule has 1 heterocycles. The first-order chi connectivity index (χ1) is 5.84. The van der Waals surface area contributed by atoms with Gasteiger partial charge in [0.1, 0.15) is 0 Å². The van der Waals surface area contributed by atoms with Crippen molar-refractivity contribution in [2.75, 3.05) is 26.2 Å². The summed E-state index contributed by atoms with van der Waals surface area (Å²) in [6, 6.07) is 2.67. The second-order valence-corrected chi connectivity index (χ2v) is 3.38. The minimum atomic E-state index is 0.470. The summed E-state index contributed by atoms with van der Waals surface area (Å²) in [4.78, 5) is 2.48. The molecule has 0 aromatic heterocycles. The molecule has 1 N–H and O–H groups in total. The van der Waals surface area contributed by atoms with Crippen molar-refractivity contribution in [1.82, 2.24) is 10.2 Å². The molecule has 1 atom stereocenters. The molecule has 0 bridgehead atoms. The van der Waals surface area contributed by atoms with Gasteiger partial charge in [-0.05, 0) is 32.9 Å². The van der Waals surface area contributed by atoms with Crippen molar-refractivity contribution in [3.05, 3.63) is 0 Å². The summed E-state index contributed by atoms with van der Waals surface area (Å²) in [5.41, 5.74) is 0. The lowest BCUT2D eigenvalue weighted by Crippen LogP contribution is -2.38. The first kappa shape index (κ1) is 9.50. The van der Waals surface area contributed by atoms with Gasteiger partial charge in [-0.25, -0.2) is 0 Å². The second-order valence-electron chi connectivity index (χ2n) is 3.38. The molecule has 68 valence electrons. The number of nitriles is 1. The summed E-state index contributed by atoms with van der Waals surface area (Å²) in [6.45, 7) is 6.09. The van der Waals surface area contributed by atoms with E-state index in [1.165, 1.54) is 25.9 Å². The Balaban J connectivity index is 2.10. The third-order valence-electron chi connectivity index (χ3n) is 2.41. The van der Waals surface area contributed by atoms with Crippen molar-refractivity contribution >= 4 is 0 Å². The van der Waals surface area contributed by atoms with Crippen molar-refractivity contribution in [3.63, 3.8) is 0 Å². The van der Waals surface area contributed by atoms with E-state index in [0.29, 0.717) is 12.6 Å². The molecule has 0 aromatic carbocycles. The molecule has 0 saturated carbocycles. The van der Waals surface area contributed by atoms with Crippen LogP contribution < -0.4 is 5.32 Å². The van der Waals surface area contributed by atoms with Gasteiger partial charge >= 0.3 is 0 Å². The van der Waals surface area contributed by atoms with Crippen LogP contribution in [0.3, 0.4) is 0 Å². The van der Waals surface area contributed by atoms with E-state index in [0.717, 1.165) is 6.54 Å². The Morgan fingerprint density at radius 1 is 1.50 bits per heavy atom. The van der Waals surface area contributed by atoms with Crippen LogP contribution in [0.25, 0.3) is 0 Å². The highest BCUT2D eigenvalue weighted by Gasteiger charge is 2.16. The van der Waals surface area contributed by atoms with Gasteiger partial charge in [0.25, 0.3) is 0 Å². The predicted octanol–water partition coefficient (Wildman–Crippen LogP) is 0.584. The maximum absolute atomic E-state index is 8.32. The number of nitrogens with one attached hydrogen (secondary N) is 1. The Labute approximate surface area is 74.4 Å². The number of likely N-dealkylation sites (tertiary alicyclic amines) is 1. The first-order valence-electron chi connectivity index (χ1n) is 4.66. The molecule has 1 unspecified atom stereocenters. The molecule has 12 heavy (non-hydrogen) atoms. The maximum atomic E-state index is 8.32. The zero-order valence-corrected chi connectivity index (χ0v) is 7.71. The molecule has 1 aliphatic heterocycles. The number of hydrogen-bond acceptors (Lipinski definition) is 3. The zero-order valence-electron chi connectivity index (χ0n) is 7.71. The van der Waals surface area contributed by atoms with Crippen LogP contribution in [0.4, 0.5) is 0 Å². The normalized spacial score (nSPS) is 20.7. The van der Waals surface area contributed by atoms with Crippen LogP contribution >= 0.6 is 0 Å². The van der Waals surface area contributed by atoms with E-state index in [9.17, 15) is 0 Å². The number of nitrogens with zero attached hydrogens (tertiary/aromatic N) is 2. The summed E-state index contributed by atoms with van der Waals surface area (Å²) in [6.07, 6.45) is 2.67. The Morgan fingerprint density at radius 3 is 2.75 bits per heavy atom. The van der Waals surface area contributed by atoms with E-state index >= 15 is 0 Å². The predicted molar refractivity (Wildman–Crippen MR) is 48.8 cm³/mol. The monoisotopic (exact) mass is 167 g/mol.